The molecular formula is C13H16N4O2. The van der Waals surface area contributed by atoms with Crippen LogP contribution in [0.25, 0.3) is 0 Å². The van der Waals surface area contributed by atoms with E-state index in [0.29, 0.717) is 50.8 Å². The summed E-state index contributed by atoms with van der Waals surface area (Å²) < 4.78 is 5.20. The van der Waals surface area contributed by atoms with Crippen LogP contribution in [-0.2, 0) is 9.53 Å². The molecular weight excluding hydrogens is 244 g/mol. The topological polar surface area (TPSA) is 78.2 Å². The van der Waals surface area contributed by atoms with Crippen LogP contribution in [0.2, 0.25) is 0 Å². The van der Waals surface area contributed by atoms with E-state index in [1.165, 1.54) is 0 Å². The number of carbonyl (C=O) groups is 1. The number of amides is 1. The lowest BCUT2D eigenvalue weighted by Gasteiger charge is -2.26. The average Bonchev–Trinajstić information content (AvgIpc) is 2.48. The molecule has 100 valence electrons. The fraction of sp³-hybridized carbons (Fsp3) is 0.462. The van der Waals surface area contributed by atoms with Crippen molar-refractivity contribution in [3.63, 3.8) is 0 Å². The Bertz CT molecular complexity index is 478. The summed E-state index contributed by atoms with van der Waals surface area (Å²) in [7, 11) is 0. The highest BCUT2D eigenvalue weighted by molar-refractivity contribution is 5.76. The van der Waals surface area contributed by atoms with Crippen molar-refractivity contribution >= 4 is 11.7 Å². The summed E-state index contributed by atoms with van der Waals surface area (Å²) >= 11 is 0. The molecule has 0 unspecified atom stereocenters. The third-order valence-corrected chi connectivity index (χ3v) is 2.87. The van der Waals surface area contributed by atoms with Gasteiger partial charge in [-0.25, -0.2) is 4.98 Å². The van der Waals surface area contributed by atoms with Gasteiger partial charge in [0.25, 0.3) is 0 Å². The second-order valence-corrected chi connectivity index (χ2v) is 4.19. The van der Waals surface area contributed by atoms with Crippen molar-refractivity contribution in [2.45, 2.75) is 6.42 Å². The number of nitrogens with one attached hydrogen (secondary N) is 1. The van der Waals surface area contributed by atoms with Crippen molar-refractivity contribution in [3.8, 4) is 6.07 Å². The minimum absolute atomic E-state index is 0.118. The standard InChI is InChI=1S/C13H16N4O2/c14-10-11-2-1-3-12(16-11)15-5-4-13(18)17-6-8-19-9-7-17/h1-3H,4-9H2,(H,15,16). The first-order valence-corrected chi connectivity index (χ1v) is 6.26. The Morgan fingerprint density at radius 3 is 3.00 bits per heavy atom. The van der Waals surface area contributed by atoms with Gasteiger partial charge in [0, 0.05) is 26.1 Å². The van der Waals surface area contributed by atoms with Crippen molar-refractivity contribution in [1.29, 1.82) is 5.26 Å². The molecule has 1 aromatic rings. The second-order valence-electron chi connectivity index (χ2n) is 4.19. The quantitative estimate of drug-likeness (QED) is 0.858. The summed E-state index contributed by atoms with van der Waals surface area (Å²) in [6.07, 6.45) is 0.415. The highest BCUT2D eigenvalue weighted by Gasteiger charge is 2.15. The van der Waals surface area contributed by atoms with Gasteiger partial charge in [-0.3, -0.25) is 4.79 Å². The van der Waals surface area contributed by atoms with E-state index in [9.17, 15) is 4.79 Å². The van der Waals surface area contributed by atoms with E-state index in [4.69, 9.17) is 10.00 Å². The summed E-state index contributed by atoms with van der Waals surface area (Å²) in [6, 6.07) is 7.16. The van der Waals surface area contributed by atoms with Crippen molar-refractivity contribution < 1.29 is 9.53 Å². The van der Waals surface area contributed by atoms with Gasteiger partial charge in [0.1, 0.15) is 17.6 Å². The molecule has 0 bridgehead atoms. The summed E-state index contributed by atoms with van der Waals surface area (Å²) in [6.45, 7) is 3.08. The normalized spacial score (nSPS) is 14.8. The van der Waals surface area contributed by atoms with Crippen LogP contribution in [0.1, 0.15) is 12.1 Å². The minimum Gasteiger partial charge on any atom is -0.378 e. The van der Waals surface area contributed by atoms with E-state index in [1.807, 2.05) is 11.0 Å². The molecule has 1 aliphatic heterocycles. The molecule has 1 amide bonds. The zero-order chi connectivity index (χ0) is 13.5. The molecule has 0 saturated carbocycles. The van der Waals surface area contributed by atoms with Gasteiger partial charge in [0.15, 0.2) is 0 Å². The highest BCUT2D eigenvalue weighted by atomic mass is 16.5. The zero-order valence-electron chi connectivity index (χ0n) is 10.6. The number of nitrogens with zero attached hydrogens (tertiary/aromatic N) is 3. The van der Waals surface area contributed by atoms with Gasteiger partial charge in [-0.15, -0.1) is 0 Å². The number of carbonyl (C=O) groups excluding carboxylic acids is 1. The number of nitriles is 1. The van der Waals surface area contributed by atoms with E-state index in [2.05, 4.69) is 10.3 Å². The van der Waals surface area contributed by atoms with Crippen molar-refractivity contribution in [2.75, 3.05) is 38.2 Å². The van der Waals surface area contributed by atoms with Crippen LogP contribution in [0.15, 0.2) is 18.2 Å². The molecule has 1 N–H and O–H groups in total. The van der Waals surface area contributed by atoms with Gasteiger partial charge in [0.05, 0.1) is 13.2 Å². The van der Waals surface area contributed by atoms with E-state index >= 15 is 0 Å². The molecule has 0 atom stereocenters. The number of hydrogen-bond acceptors (Lipinski definition) is 5. The first-order valence-electron chi connectivity index (χ1n) is 6.26. The van der Waals surface area contributed by atoms with Crippen LogP contribution in [-0.4, -0.2) is 48.6 Å². The number of anilines is 1. The second kappa shape index (κ2) is 6.71. The molecule has 1 aromatic heterocycles. The van der Waals surface area contributed by atoms with Gasteiger partial charge in [-0.2, -0.15) is 5.26 Å². The number of hydrogen-bond donors (Lipinski definition) is 1. The van der Waals surface area contributed by atoms with Crippen LogP contribution < -0.4 is 5.32 Å². The van der Waals surface area contributed by atoms with Crippen molar-refractivity contribution in [3.05, 3.63) is 23.9 Å². The van der Waals surface area contributed by atoms with E-state index in [1.54, 1.807) is 18.2 Å². The first kappa shape index (κ1) is 13.3. The molecule has 0 aromatic carbocycles. The minimum atomic E-state index is 0.118. The van der Waals surface area contributed by atoms with E-state index in [-0.39, 0.29) is 5.91 Å². The van der Waals surface area contributed by atoms with Gasteiger partial charge in [0.2, 0.25) is 5.91 Å². The predicted molar refractivity (Wildman–Crippen MR) is 69.5 cm³/mol. The number of ether oxygens (including phenoxy) is 1. The number of pyridine rings is 1. The Hall–Kier alpha value is -2.13. The van der Waals surface area contributed by atoms with Crippen molar-refractivity contribution in [2.24, 2.45) is 0 Å². The van der Waals surface area contributed by atoms with Crippen LogP contribution in [0, 0.1) is 11.3 Å². The summed E-state index contributed by atoms with van der Waals surface area (Å²) in [5, 5.41) is 11.8. The lowest BCUT2D eigenvalue weighted by molar-refractivity contribution is -0.134. The van der Waals surface area contributed by atoms with E-state index in [0.717, 1.165) is 0 Å². The predicted octanol–water partition coefficient (Wildman–Crippen LogP) is 0.614. The molecule has 0 spiro atoms. The Morgan fingerprint density at radius 1 is 1.47 bits per heavy atom. The maximum absolute atomic E-state index is 11.9. The van der Waals surface area contributed by atoms with Gasteiger partial charge < -0.3 is 15.0 Å². The maximum Gasteiger partial charge on any atom is 0.224 e. The molecule has 2 rings (SSSR count). The third kappa shape index (κ3) is 3.93. The first-order chi connectivity index (χ1) is 9.29. The zero-order valence-corrected chi connectivity index (χ0v) is 10.6. The average molecular weight is 260 g/mol. The van der Waals surface area contributed by atoms with Crippen molar-refractivity contribution in [1.82, 2.24) is 9.88 Å². The number of aromatic nitrogens is 1. The Morgan fingerprint density at radius 2 is 2.26 bits per heavy atom. The molecule has 1 fully saturated rings. The molecule has 1 aliphatic rings. The summed E-state index contributed by atoms with van der Waals surface area (Å²) in [5.41, 5.74) is 0.365. The molecule has 0 radical (unpaired) electrons. The molecule has 1 saturated heterocycles. The third-order valence-electron chi connectivity index (χ3n) is 2.87. The Kier molecular flexibility index (Phi) is 4.70. The van der Waals surface area contributed by atoms with Gasteiger partial charge in [-0.1, -0.05) is 6.07 Å². The maximum atomic E-state index is 11.9. The van der Waals surface area contributed by atoms with Crippen LogP contribution in [0.5, 0.6) is 0 Å². The Labute approximate surface area is 112 Å². The largest absolute Gasteiger partial charge is 0.378 e. The summed E-state index contributed by atoms with van der Waals surface area (Å²) in [5.74, 6) is 0.737. The van der Waals surface area contributed by atoms with Gasteiger partial charge in [-0.05, 0) is 12.1 Å². The molecule has 6 heteroatoms. The highest BCUT2D eigenvalue weighted by Crippen LogP contribution is 2.05. The molecule has 2 heterocycles. The monoisotopic (exact) mass is 260 g/mol. The lowest BCUT2D eigenvalue weighted by atomic mass is 10.3. The van der Waals surface area contributed by atoms with Crippen LogP contribution in [0.4, 0.5) is 5.82 Å². The number of rotatable bonds is 4. The SMILES string of the molecule is N#Cc1cccc(NCCC(=O)N2CCOCC2)n1. The Balaban J connectivity index is 1.76. The number of morpholine rings is 1. The molecule has 19 heavy (non-hydrogen) atoms. The fourth-order valence-corrected chi connectivity index (χ4v) is 1.86. The molecule has 6 nitrogen and oxygen atoms in total. The van der Waals surface area contributed by atoms with Crippen LogP contribution in [0.3, 0.4) is 0 Å². The smallest absolute Gasteiger partial charge is 0.224 e. The van der Waals surface area contributed by atoms with E-state index < -0.39 is 0 Å². The lowest BCUT2D eigenvalue weighted by Crippen LogP contribution is -2.41. The van der Waals surface area contributed by atoms with Gasteiger partial charge >= 0.3 is 0 Å². The fourth-order valence-electron chi connectivity index (χ4n) is 1.86. The van der Waals surface area contributed by atoms with Crippen LogP contribution >= 0.6 is 0 Å². The molecule has 0 aliphatic carbocycles. The summed E-state index contributed by atoms with van der Waals surface area (Å²) in [4.78, 5) is 17.8.